The molecule has 14 heavy (non-hydrogen) atoms. The summed E-state index contributed by atoms with van der Waals surface area (Å²) in [6, 6.07) is 0. The van der Waals surface area contributed by atoms with Gasteiger partial charge >= 0.3 is 0 Å². The predicted octanol–water partition coefficient (Wildman–Crippen LogP) is 2.99. The van der Waals surface area contributed by atoms with E-state index in [2.05, 4.69) is 20.4 Å². The van der Waals surface area contributed by atoms with Gasteiger partial charge in [0.25, 0.3) is 0 Å². The van der Waals surface area contributed by atoms with Gasteiger partial charge < -0.3 is 4.90 Å². The van der Waals surface area contributed by atoms with Crippen molar-refractivity contribution in [1.82, 2.24) is 4.90 Å². The fraction of sp³-hybridized carbons (Fsp3) is 0.750. The van der Waals surface area contributed by atoms with Gasteiger partial charge in [0, 0.05) is 19.5 Å². The summed E-state index contributed by atoms with van der Waals surface area (Å²) in [7, 11) is 0. The molecule has 0 fully saturated rings. The van der Waals surface area contributed by atoms with E-state index in [-0.39, 0.29) is 5.91 Å². The Morgan fingerprint density at radius 3 is 2.07 bits per heavy atom. The van der Waals surface area contributed by atoms with Gasteiger partial charge in [-0.3, -0.25) is 4.79 Å². The average Bonchev–Trinajstić information content (AvgIpc) is 2.18. The van der Waals surface area contributed by atoms with E-state index in [0.717, 1.165) is 38.8 Å². The summed E-state index contributed by atoms with van der Waals surface area (Å²) in [5.41, 5.74) is 0. The van der Waals surface area contributed by atoms with Crippen molar-refractivity contribution in [3.05, 3.63) is 12.7 Å². The van der Waals surface area contributed by atoms with Gasteiger partial charge in [0.1, 0.15) is 0 Å². The zero-order valence-corrected chi connectivity index (χ0v) is 9.59. The van der Waals surface area contributed by atoms with Crippen LogP contribution in [0.5, 0.6) is 0 Å². The minimum atomic E-state index is 0.224. The molecule has 0 rings (SSSR count). The zero-order chi connectivity index (χ0) is 10.8. The Balaban J connectivity index is 3.93. The molecule has 0 aliphatic heterocycles. The van der Waals surface area contributed by atoms with Crippen LogP contribution in [0.25, 0.3) is 0 Å². The largest absolute Gasteiger partial charge is 0.342 e. The molecule has 2 heteroatoms. The maximum absolute atomic E-state index is 11.6. The molecule has 0 saturated heterocycles. The Kier molecular flexibility index (Phi) is 8.30. The van der Waals surface area contributed by atoms with Crippen molar-refractivity contribution in [2.45, 2.75) is 46.0 Å². The number of carbonyl (C=O) groups excluding carboxylic acids is 1. The molecule has 0 spiro atoms. The smallest absolute Gasteiger partial charge is 0.226 e. The molecule has 1 amide bonds. The van der Waals surface area contributed by atoms with Crippen LogP contribution in [0.3, 0.4) is 0 Å². The lowest BCUT2D eigenvalue weighted by atomic mass is 10.2. The standard InChI is InChI=1S/C12H23NO/c1-4-7-10-13(11-8-5-2)12(14)9-6-3/h6H,3-5,7-11H2,1-2H3. The highest BCUT2D eigenvalue weighted by Gasteiger charge is 2.09. The third-order valence-corrected chi connectivity index (χ3v) is 2.23. The monoisotopic (exact) mass is 197 g/mol. The van der Waals surface area contributed by atoms with Crippen LogP contribution in [-0.2, 0) is 4.79 Å². The number of amides is 1. The molecule has 0 saturated carbocycles. The average molecular weight is 197 g/mol. The SMILES string of the molecule is C=CCC(=O)N(CCCC)CCCC. The van der Waals surface area contributed by atoms with E-state index in [1.165, 1.54) is 0 Å². The molecule has 0 N–H and O–H groups in total. The fourth-order valence-electron chi connectivity index (χ4n) is 1.31. The highest BCUT2D eigenvalue weighted by molar-refractivity contribution is 5.77. The first kappa shape index (κ1) is 13.2. The summed E-state index contributed by atoms with van der Waals surface area (Å²) < 4.78 is 0. The predicted molar refractivity (Wildman–Crippen MR) is 61.2 cm³/mol. The second-order valence-electron chi connectivity index (χ2n) is 3.58. The van der Waals surface area contributed by atoms with Crippen molar-refractivity contribution in [1.29, 1.82) is 0 Å². The van der Waals surface area contributed by atoms with E-state index in [0.29, 0.717) is 6.42 Å². The lowest BCUT2D eigenvalue weighted by molar-refractivity contribution is -0.130. The Morgan fingerprint density at radius 1 is 1.21 bits per heavy atom. The van der Waals surface area contributed by atoms with Crippen molar-refractivity contribution in [2.75, 3.05) is 13.1 Å². The summed E-state index contributed by atoms with van der Waals surface area (Å²) in [6.45, 7) is 9.71. The number of rotatable bonds is 8. The summed E-state index contributed by atoms with van der Waals surface area (Å²) in [6.07, 6.45) is 6.66. The maximum atomic E-state index is 11.6. The summed E-state index contributed by atoms with van der Waals surface area (Å²) in [4.78, 5) is 13.6. The first-order chi connectivity index (χ1) is 6.76. The lowest BCUT2D eigenvalue weighted by Crippen LogP contribution is -2.32. The van der Waals surface area contributed by atoms with Crippen molar-refractivity contribution >= 4 is 5.91 Å². The fourth-order valence-corrected chi connectivity index (χ4v) is 1.31. The molecule has 0 aliphatic carbocycles. The molecule has 0 aromatic rings. The number of hydrogen-bond acceptors (Lipinski definition) is 1. The van der Waals surface area contributed by atoms with E-state index in [9.17, 15) is 4.79 Å². The van der Waals surface area contributed by atoms with Crippen molar-refractivity contribution in [3.63, 3.8) is 0 Å². The van der Waals surface area contributed by atoms with E-state index in [1.54, 1.807) is 6.08 Å². The van der Waals surface area contributed by atoms with Crippen molar-refractivity contribution < 1.29 is 4.79 Å². The number of hydrogen-bond donors (Lipinski definition) is 0. The van der Waals surface area contributed by atoms with Gasteiger partial charge in [-0.05, 0) is 12.8 Å². The first-order valence-electron chi connectivity index (χ1n) is 5.64. The van der Waals surface area contributed by atoms with Gasteiger partial charge in [0.05, 0.1) is 0 Å². The van der Waals surface area contributed by atoms with Crippen molar-refractivity contribution in [2.24, 2.45) is 0 Å². The van der Waals surface area contributed by atoms with Gasteiger partial charge in [-0.2, -0.15) is 0 Å². The first-order valence-corrected chi connectivity index (χ1v) is 5.64. The molecule has 0 aliphatic rings. The highest BCUT2D eigenvalue weighted by Crippen LogP contribution is 2.02. The second kappa shape index (κ2) is 8.79. The van der Waals surface area contributed by atoms with Gasteiger partial charge in [0.15, 0.2) is 0 Å². The molecule has 82 valence electrons. The van der Waals surface area contributed by atoms with E-state index < -0.39 is 0 Å². The minimum absolute atomic E-state index is 0.224. The quantitative estimate of drug-likeness (QED) is 0.548. The van der Waals surface area contributed by atoms with Gasteiger partial charge in [-0.25, -0.2) is 0 Å². The number of carbonyl (C=O) groups is 1. The molecule has 0 radical (unpaired) electrons. The van der Waals surface area contributed by atoms with Crippen LogP contribution in [0.2, 0.25) is 0 Å². The molecule has 0 heterocycles. The normalized spacial score (nSPS) is 9.86. The number of unbranched alkanes of at least 4 members (excludes halogenated alkanes) is 2. The lowest BCUT2D eigenvalue weighted by Gasteiger charge is -2.21. The molecule has 0 unspecified atom stereocenters. The molecule has 0 bridgehead atoms. The summed E-state index contributed by atoms with van der Waals surface area (Å²) in [5, 5.41) is 0. The van der Waals surface area contributed by atoms with E-state index in [1.807, 2.05) is 4.90 Å². The topological polar surface area (TPSA) is 20.3 Å². The maximum Gasteiger partial charge on any atom is 0.226 e. The van der Waals surface area contributed by atoms with E-state index >= 15 is 0 Å². The zero-order valence-electron chi connectivity index (χ0n) is 9.59. The van der Waals surface area contributed by atoms with Crippen LogP contribution < -0.4 is 0 Å². The minimum Gasteiger partial charge on any atom is -0.342 e. The summed E-state index contributed by atoms with van der Waals surface area (Å²) >= 11 is 0. The van der Waals surface area contributed by atoms with Gasteiger partial charge in [-0.1, -0.05) is 32.8 Å². The molecular formula is C12H23NO. The van der Waals surface area contributed by atoms with Crippen LogP contribution in [-0.4, -0.2) is 23.9 Å². The molecule has 0 atom stereocenters. The third kappa shape index (κ3) is 5.79. The van der Waals surface area contributed by atoms with Crippen LogP contribution in [0.1, 0.15) is 46.0 Å². The van der Waals surface area contributed by atoms with Crippen molar-refractivity contribution in [3.8, 4) is 0 Å². The Bertz CT molecular complexity index is 158. The third-order valence-electron chi connectivity index (χ3n) is 2.23. The Labute approximate surface area is 88.0 Å². The number of nitrogens with zero attached hydrogens (tertiary/aromatic N) is 1. The Hall–Kier alpha value is -0.790. The second-order valence-corrected chi connectivity index (χ2v) is 3.58. The molecule has 0 aromatic heterocycles. The molecule has 0 aromatic carbocycles. The van der Waals surface area contributed by atoms with Crippen LogP contribution in [0, 0.1) is 0 Å². The van der Waals surface area contributed by atoms with Gasteiger partial charge in [-0.15, -0.1) is 6.58 Å². The summed E-state index contributed by atoms with van der Waals surface area (Å²) in [5.74, 6) is 0.224. The molecule has 2 nitrogen and oxygen atoms in total. The van der Waals surface area contributed by atoms with Crippen LogP contribution in [0.4, 0.5) is 0 Å². The highest BCUT2D eigenvalue weighted by atomic mass is 16.2. The Morgan fingerprint density at radius 2 is 1.71 bits per heavy atom. The van der Waals surface area contributed by atoms with Crippen LogP contribution >= 0.6 is 0 Å². The van der Waals surface area contributed by atoms with Crippen LogP contribution in [0.15, 0.2) is 12.7 Å². The molecular weight excluding hydrogens is 174 g/mol. The van der Waals surface area contributed by atoms with E-state index in [4.69, 9.17) is 0 Å². The van der Waals surface area contributed by atoms with Gasteiger partial charge in [0.2, 0.25) is 5.91 Å².